The van der Waals surface area contributed by atoms with Crippen LogP contribution in [0.5, 0.6) is 0 Å². The smallest absolute Gasteiger partial charge is 0.262 e. The third-order valence-electron chi connectivity index (χ3n) is 3.62. The van der Waals surface area contributed by atoms with Crippen molar-refractivity contribution in [3.63, 3.8) is 0 Å². The van der Waals surface area contributed by atoms with Gasteiger partial charge in [-0.1, -0.05) is 42.5 Å². The lowest BCUT2D eigenvalue weighted by Crippen LogP contribution is -2.31. The third kappa shape index (κ3) is 2.23. The molecule has 0 aromatic heterocycles. The van der Waals surface area contributed by atoms with Gasteiger partial charge in [0.05, 0.1) is 11.1 Å². The van der Waals surface area contributed by atoms with Gasteiger partial charge in [-0.3, -0.25) is 14.5 Å². The van der Waals surface area contributed by atoms with Crippen LogP contribution in [0.1, 0.15) is 27.1 Å². The Morgan fingerprint density at radius 2 is 1.57 bits per heavy atom. The van der Waals surface area contributed by atoms with E-state index in [9.17, 15) is 9.59 Å². The van der Waals surface area contributed by atoms with E-state index in [2.05, 4.69) is 0 Å². The van der Waals surface area contributed by atoms with E-state index < -0.39 is 0 Å². The van der Waals surface area contributed by atoms with E-state index in [1.165, 1.54) is 4.90 Å². The van der Waals surface area contributed by atoms with Gasteiger partial charge in [-0.25, -0.2) is 0 Å². The van der Waals surface area contributed by atoms with E-state index >= 15 is 0 Å². The van der Waals surface area contributed by atoms with Gasteiger partial charge in [-0.05, 0) is 23.6 Å². The molecule has 0 atom stereocenters. The second kappa shape index (κ2) is 5.50. The van der Waals surface area contributed by atoms with Crippen molar-refractivity contribution in [3.05, 3.63) is 59.7 Å². The summed E-state index contributed by atoms with van der Waals surface area (Å²) in [6, 6.07) is 14.9. The van der Waals surface area contributed by atoms with Gasteiger partial charge in [0.1, 0.15) is 0 Å². The van der Waals surface area contributed by atoms with Gasteiger partial charge >= 0.3 is 0 Å². The van der Waals surface area contributed by atoms with Crippen LogP contribution in [0, 0.1) is 0 Å². The lowest BCUT2D eigenvalue weighted by atomic mass is 9.97. The van der Waals surface area contributed by atoms with Gasteiger partial charge in [-0.15, -0.1) is 0 Å². The van der Waals surface area contributed by atoms with Crippen molar-refractivity contribution in [2.75, 3.05) is 13.2 Å². The zero-order valence-electron chi connectivity index (χ0n) is 11.5. The Balaban J connectivity index is 2.07. The molecule has 21 heavy (non-hydrogen) atoms. The maximum Gasteiger partial charge on any atom is 0.262 e. The van der Waals surface area contributed by atoms with Crippen molar-refractivity contribution in [2.45, 2.75) is 6.42 Å². The number of hydrogen-bond acceptors (Lipinski definition) is 3. The molecule has 0 bridgehead atoms. The average Bonchev–Trinajstić information content (AvgIpc) is 2.78. The first-order valence-corrected chi connectivity index (χ1v) is 6.89. The second-order valence-electron chi connectivity index (χ2n) is 4.93. The first kappa shape index (κ1) is 13.5. The summed E-state index contributed by atoms with van der Waals surface area (Å²) >= 11 is 0. The minimum atomic E-state index is -0.277. The molecule has 1 aliphatic rings. The number of fused-ring (bicyclic) bond motifs is 1. The van der Waals surface area contributed by atoms with Crippen molar-refractivity contribution < 1.29 is 14.7 Å². The van der Waals surface area contributed by atoms with Gasteiger partial charge in [0, 0.05) is 13.2 Å². The monoisotopic (exact) mass is 281 g/mol. The number of imide groups is 1. The summed E-state index contributed by atoms with van der Waals surface area (Å²) in [6.45, 7) is 0.204. The number of hydrogen-bond donors (Lipinski definition) is 1. The molecule has 0 unspecified atom stereocenters. The van der Waals surface area contributed by atoms with Crippen LogP contribution in [-0.4, -0.2) is 35.0 Å². The maximum atomic E-state index is 12.5. The summed E-state index contributed by atoms with van der Waals surface area (Å²) in [4.78, 5) is 26.1. The SMILES string of the molecule is O=C1c2cccc(-c3ccccc3)c2C(=O)N1CCCO. The maximum absolute atomic E-state index is 12.5. The van der Waals surface area contributed by atoms with Crippen LogP contribution in [0.4, 0.5) is 0 Å². The molecule has 1 aliphatic heterocycles. The molecule has 3 rings (SSSR count). The van der Waals surface area contributed by atoms with Crippen LogP contribution in [0.2, 0.25) is 0 Å². The first-order valence-electron chi connectivity index (χ1n) is 6.89. The molecule has 2 amide bonds. The van der Waals surface area contributed by atoms with Gasteiger partial charge in [-0.2, -0.15) is 0 Å². The fourth-order valence-corrected chi connectivity index (χ4v) is 2.62. The summed E-state index contributed by atoms with van der Waals surface area (Å²) < 4.78 is 0. The van der Waals surface area contributed by atoms with Crippen LogP contribution >= 0.6 is 0 Å². The summed E-state index contributed by atoms with van der Waals surface area (Å²) in [6.07, 6.45) is 0.395. The number of aliphatic hydroxyl groups is 1. The molecule has 106 valence electrons. The minimum Gasteiger partial charge on any atom is -0.396 e. The number of nitrogens with zero attached hydrogens (tertiary/aromatic N) is 1. The van der Waals surface area contributed by atoms with E-state index in [4.69, 9.17) is 5.11 Å². The van der Waals surface area contributed by atoms with Crippen LogP contribution in [-0.2, 0) is 0 Å². The fraction of sp³-hybridized carbons (Fsp3) is 0.176. The molecule has 0 aliphatic carbocycles. The minimum absolute atomic E-state index is 0.0427. The zero-order valence-corrected chi connectivity index (χ0v) is 11.5. The van der Waals surface area contributed by atoms with Gasteiger partial charge < -0.3 is 5.11 Å². The highest BCUT2D eigenvalue weighted by Gasteiger charge is 2.36. The lowest BCUT2D eigenvalue weighted by molar-refractivity contribution is 0.0645. The van der Waals surface area contributed by atoms with E-state index in [-0.39, 0.29) is 25.0 Å². The average molecular weight is 281 g/mol. The van der Waals surface area contributed by atoms with E-state index in [0.717, 1.165) is 11.1 Å². The topological polar surface area (TPSA) is 57.6 Å². The molecule has 0 saturated carbocycles. The summed E-state index contributed by atoms with van der Waals surface area (Å²) in [5.74, 6) is -0.552. The third-order valence-corrected chi connectivity index (χ3v) is 3.62. The normalized spacial score (nSPS) is 13.7. The molecule has 1 N–H and O–H groups in total. The number of amides is 2. The van der Waals surface area contributed by atoms with E-state index in [0.29, 0.717) is 17.5 Å². The van der Waals surface area contributed by atoms with Crippen molar-refractivity contribution in [3.8, 4) is 11.1 Å². The predicted octanol–water partition coefficient (Wildman–Crippen LogP) is 2.33. The van der Waals surface area contributed by atoms with Gasteiger partial charge in [0.2, 0.25) is 0 Å². The Morgan fingerprint density at radius 3 is 2.29 bits per heavy atom. The van der Waals surface area contributed by atoms with Crippen LogP contribution in [0.3, 0.4) is 0 Å². The summed E-state index contributed by atoms with van der Waals surface area (Å²) in [5, 5.41) is 8.90. The van der Waals surface area contributed by atoms with Crippen LogP contribution in [0.15, 0.2) is 48.5 Å². The number of aliphatic hydroxyl groups excluding tert-OH is 1. The predicted molar refractivity (Wildman–Crippen MR) is 78.9 cm³/mol. The molecule has 2 aromatic rings. The highest BCUT2D eigenvalue weighted by Crippen LogP contribution is 2.32. The highest BCUT2D eigenvalue weighted by molar-refractivity contribution is 6.24. The highest BCUT2D eigenvalue weighted by atomic mass is 16.3. The second-order valence-corrected chi connectivity index (χ2v) is 4.93. The zero-order chi connectivity index (χ0) is 14.8. The van der Waals surface area contributed by atoms with Crippen molar-refractivity contribution >= 4 is 11.8 Å². The van der Waals surface area contributed by atoms with Crippen molar-refractivity contribution in [1.82, 2.24) is 4.90 Å². The molecule has 4 nitrogen and oxygen atoms in total. The summed E-state index contributed by atoms with van der Waals surface area (Å²) in [5.41, 5.74) is 2.60. The quantitative estimate of drug-likeness (QED) is 0.875. The van der Waals surface area contributed by atoms with Gasteiger partial charge in [0.25, 0.3) is 11.8 Å². The number of rotatable bonds is 4. The standard InChI is InChI=1S/C17H15NO3/c19-11-5-10-18-16(20)14-9-4-8-13(15(14)17(18)21)12-6-2-1-3-7-12/h1-4,6-9,19H,5,10-11H2. The Labute approximate surface area is 122 Å². The number of carbonyl (C=O) groups excluding carboxylic acids is 2. The molecule has 4 heteroatoms. The number of benzene rings is 2. The molecule has 0 saturated heterocycles. The number of carbonyl (C=O) groups is 2. The molecule has 0 fully saturated rings. The van der Waals surface area contributed by atoms with Crippen LogP contribution < -0.4 is 0 Å². The Morgan fingerprint density at radius 1 is 0.857 bits per heavy atom. The van der Waals surface area contributed by atoms with Crippen LogP contribution in [0.25, 0.3) is 11.1 Å². The van der Waals surface area contributed by atoms with E-state index in [1.54, 1.807) is 12.1 Å². The van der Waals surface area contributed by atoms with E-state index in [1.807, 2.05) is 36.4 Å². The molecular weight excluding hydrogens is 266 g/mol. The first-order chi connectivity index (χ1) is 10.2. The largest absolute Gasteiger partial charge is 0.396 e. The van der Waals surface area contributed by atoms with Crippen molar-refractivity contribution in [2.24, 2.45) is 0 Å². The van der Waals surface area contributed by atoms with Crippen molar-refractivity contribution in [1.29, 1.82) is 0 Å². The Hall–Kier alpha value is -2.46. The molecule has 2 aromatic carbocycles. The molecule has 0 radical (unpaired) electrons. The Kier molecular flexibility index (Phi) is 3.54. The fourth-order valence-electron chi connectivity index (χ4n) is 2.62. The molecule has 1 heterocycles. The lowest BCUT2D eigenvalue weighted by Gasteiger charge is -2.12. The molecular formula is C17H15NO3. The Bertz CT molecular complexity index is 694. The van der Waals surface area contributed by atoms with Gasteiger partial charge in [0.15, 0.2) is 0 Å². The molecule has 0 spiro atoms. The summed E-state index contributed by atoms with van der Waals surface area (Å²) in [7, 11) is 0.